The third kappa shape index (κ3) is 5.01. The van der Waals surface area contributed by atoms with Crippen molar-refractivity contribution in [3.63, 3.8) is 0 Å². The largest absolute Gasteiger partial charge is 0.456 e. The van der Waals surface area contributed by atoms with Gasteiger partial charge in [0.05, 0.1) is 0 Å². The van der Waals surface area contributed by atoms with Gasteiger partial charge in [-0.1, -0.05) is 133 Å². The molecule has 226 valence electrons. The second-order valence-corrected chi connectivity index (χ2v) is 12.2. The van der Waals surface area contributed by atoms with Gasteiger partial charge in [-0.3, -0.25) is 0 Å². The summed E-state index contributed by atoms with van der Waals surface area (Å²) in [5, 5.41) is 4.60. The molecule has 2 nitrogen and oxygen atoms in total. The zero-order valence-electron chi connectivity index (χ0n) is 26.3. The molecule has 48 heavy (non-hydrogen) atoms. The normalized spacial score (nSPS) is 11.3. The van der Waals surface area contributed by atoms with Crippen molar-refractivity contribution < 1.29 is 4.42 Å². The third-order valence-corrected chi connectivity index (χ3v) is 9.24. The Labute approximate surface area is 279 Å². The summed E-state index contributed by atoms with van der Waals surface area (Å²) in [5.41, 5.74) is 12.2. The molecule has 0 amide bonds. The Hall–Kier alpha value is -6.38. The first kappa shape index (κ1) is 27.9. The number of benzene rings is 8. The van der Waals surface area contributed by atoms with Crippen molar-refractivity contribution in [2.75, 3.05) is 4.90 Å². The second kappa shape index (κ2) is 11.8. The number of hydrogen-bond acceptors (Lipinski definition) is 2. The molecule has 0 radical (unpaired) electrons. The van der Waals surface area contributed by atoms with Crippen molar-refractivity contribution in [2.45, 2.75) is 0 Å². The molecule has 0 atom stereocenters. The van der Waals surface area contributed by atoms with E-state index in [4.69, 9.17) is 4.42 Å². The van der Waals surface area contributed by atoms with E-state index in [0.717, 1.165) is 44.4 Å². The summed E-state index contributed by atoms with van der Waals surface area (Å²) in [7, 11) is 0. The summed E-state index contributed by atoms with van der Waals surface area (Å²) in [6.45, 7) is 0. The number of nitrogens with zero attached hydrogens (tertiary/aromatic N) is 1. The molecule has 0 N–H and O–H groups in total. The highest BCUT2D eigenvalue weighted by molar-refractivity contribution is 6.10. The summed E-state index contributed by atoms with van der Waals surface area (Å²) in [5.74, 6) is 0. The van der Waals surface area contributed by atoms with Crippen LogP contribution in [0.4, 0.5) is 17.1 Å². The minimum atomic E-state index is 0.901. The maximum atomic E-state index is 6.29. The van der Waals surface area contributed by atoms with Crippen LogP contribution in [0.25, 0.3) is 66.1 Å². The molecule has 0 bridgehead atoms. The Morgan fingerprint density at radius 2 is 0.875 bits per heavy atom. The zero-order chi connectivity index (χ0) is 31.9. The molecular weight excluding hydrogens is 583 g/mol. The van der Waals surface area contributed by atoms with Gasteiger partial charge in [0.1, 0.15) is 11.2 Å². The van der Waals surface area contributed by atoms with E-state index in [9.17, 15) is 0 Å². The highest BCUT2D eigenvalue weighted by Crippen LogP contribution is 2.42. The summed E-state index contributed by atoms with van der Waals surface area (Å²) >= 11 is 0. The van der Waals surface area contributed by atoms with Crippen LogP contribution in [-0.4, -0.2) is 0 Å². The lowest BCUT2D eigenvalue weighted by atomic mass is 9.93. The van der Waals surface area contributed by atoms with E-state index in [1.165, 1.54) is 38.8 Å². The summed E-state index contributed by atoms with van der Waals surface area (Å²) in [6.07, 6.45) is 0. The topological polar surface area (TPSA) is 16.4 Å². The third-order valence-electron chi connectivity index (χ3n) is 9.24. The van der Waals surface area contributed by atoms with Gasteiger partial charge in [0.15, 0.2) is 0 Å². The Morgan fingerprint density at radius 3 is 1.60 bits per heavy atom. The minimum Gasteiger partial charge on any atom is -0.456 e. The van der Waals surface area contributed by atoms with Crippen molar-refractivity contribution in [1.82, 2.24) is 0 Å². The molecule has 0 aliphatic carbocycles. The Kier molecular flexibility index (Phi) is 6.84. The fraction of sp³-hybridized carbons (Fsp3) is 0. The van der Waals surface area contributed by atoms with E-state index >= 15 is 0 Å². The predicted octanol–water partition coefficient (Wildman–Crippen LogP) is 13.2. The first-order valence-corrected chi connectivity index (χ1v) is 16.3. The minimum absolute atomic E-state index is 0.901. The molecule has 9 rings (SSSR count). The molecule has 0 saturated heterocycles. The maximum absolute atomic E-state index is 6.29. The van der Waals surface area contributed by atoms with Crippen LogP contribution in [0.1, 0.15) is 0 Å². The standard InChI is InChI=1S/C46H31NO/c1-4-12-32(13-5-1)33-20-23-38(24-21-33)47(39-25-22-36-29-44-42-18-10-11-19-45(42)48-46(44)30-37(36)28-39)40-26-27-41(34-14-6-2-7-15-34)43(31-40)35-16-8-3-9-17-35/h1-31H. The van der Waals surface area contributed by atoms with Crippen LogP contribution in [0.15, 0.2) is 192 Å². The fourth-order valence-electron chi connectivity index (χ4n) is 6.87. The van der Waals surface area contributed by atoms with Gasteiger partial charge >= 0.3 is 0 Å². The number of para-hydroxylation sites is 1. The lowest BCUT2D eigenvalue weighted by molar-refractivity contribution is 0.669. The molecule has 0 saturated carbocycles. The van der Waals surface area contributed by atoms with E-state index in [1.54, 1.807) is 0 Å². The smallest absolute Gasteiger partial charge is 0.136 e. The molecule has 0 fully saturated rings. The van der Waals surface area contributed by atoms with E-state index in [-0.39, 0.29) is 0 Å². The first-order chi connectivity index (χ1) is 23.8. The number of rotatable bonds is 6. The molecule has 0 unspecified atom stereocenters. The van der Waals surface area contributed by atoms with Gasteiger partial charge in [0.2, 0.25) is 0 Å². The molecule has 0 aliphatic heterocycles. The maximum Gasteiger partial charge on any atom is 0.136 e. The molecular formula is C46H31NO. The lowest BCUT2D eigenvalue weighted by Gasteiger charge is -2.27. The first-order valence-electron chi connectivity index (χ1n) is 16.3. The van der Waals surface area contributed by atoms with Crippen LogP contribution in [0.2, 0.25) is 0 Å². The van der Waals surface area contributed by atoms with Crippen molar-refractivity contribution in [1.29, 1.82) is 0 Å². The van der Waals surface area contributed by atoms with Gasteiger partial charge in [-0.2, -0.15) is 0 Å². The van der Waals surface area contributed by atoms with Crippen molar-refractivity contribution in [3.8, 4) is 33.4 Å². The average Bonchev–Trinajstić information content (AvgIpc) is 3.52. The molecule has 0 aliphatic rings. The fourth-order valence-corrected chi connectivity index (χ4v) is 6.87. The lowest BCUT2D eigenvalue weighted by Crippen LogP contribution is -2.10. The van der Waals surface area contributed by atoms with Crippen LogP contribution in [-0.2, 0) is 0 Å². The van der Waals surface area contributed by atoms with Crippen LogP contribution in [0, 0.1) is 0 Å². The zero-order valence-corrected chi connectivity index (χ0v) is 26.3. The van der Waals surface area contributed by atoms with Gasteiger partial charge < -0.3 is 9.32 Å². The van der Waals surface area contributed by atoms with Crippen LogP contribution >= 0.6 is 0 Å². The van der Waals surface area contributed by atoms with E-state index in [1.807, 2.05) is 12.1 Å². The van der Waals surface area contributed by atoms with E-state index in [2.05, 4.69) is 181 Å². The molecule has 2 heteroatoms. The Bertz CT molecular complexity index is 2530. The molecule has 1 aromatic heterocycles. The van der Waals surface area contributed by atoms with Gasteiger partial charge in [0.25, 0.3) is 0 Å². The molecule has 8 aromatic carbocycles. The highest BCUT2D eigenvalue weighted by Gasteiger charge is 2.18. The summed E-state index contributed by atoms with van der Waals surface area (Å²) in [4.78, 5) is 2.36. The summed E-state index contributed by atoms with van der Waals surface area (Å²) in [6, 6.07) is 67.0. The van der Waals surface area contributed by atoms with Crippen molar-refractivity contribution in [3.05, 3.63) is 188 Å². The SMILES string of the molecule is c1ccc(-c2ccc(N(c3ccc(-c4ccccc4)c(-c4ccccc4)c3)c3ccc4cc5c(cc4c3)oc3ccccc35)cc2)cc1. The average molecular weight is 614 g/mol. The van der Waals surface area contributed by atoms with Crippen molar-refractivity contribution in [2.24, 2.45) is 0 Å². The van der Waals surface area contributed by atoms with Gasteiger partial charge in [-0.25, -0.2) is 0 Å². The number of furan rings is 1. The Balaban J connectivity index is 1.23. The van der Waals surface area contributed by atoms with Gasteiger partial charge in [-0.15, -0.1) is 0 Å². The van der Waals surface area contributed by atoms with E-state index < -0.39 is 0 Å². The van der Waals surface area contributed by atoms with Gasteiger partial charge in [0, 0.05) is 27.8 Å². The van der Waals surface area contributed by atoms with Crippen LogP contribution in [0.3, 0.4) is 0 Å². The van der Waals surface area contributed by atoms with Crippen LogP contribution < -0.4 is 4.90 Å². The van der Waals surface area contributed by atoms with Crippen molar-refractivity contribution >= 4 is 49.8 Å². The number of hydrogen-bond donors (Lipinski definition) is 0. The summed E-state index contributed by atoms with van der Waals surface area (Å²) < 4.78 is 6.29. The quantitative estimate of drug-likeness (QED) is 0.185. The van der Waals surface area contributed by atoms with Gasteiger partial charge in [-0.05, 0) is 98.8 Å². The van der Waals surface area contributed by atoms with E-state index in [0.29, 0.717) is 0 Å². The predicted molar refractivity (Wildman–Crippen MR) is 202 cm³/mol. The molecule has 0 spiro atoms. The van der Waals surface area contributed by atoms with Crippen LogP contribution in [0.5, 0.6) is 0 Å². The second-order valence-electron chi connectivity index (χ2n) is 12.2. The molecule has 9 aromatic rings. The molecule has 1 heterocycles. The number of anilines is 3. The Morgan fingerprint density at radius 1 is 0.312 bits per heavy atom. The number of fused-ring (bicyclic) bond motifs is 4. The highest BCUT2D eigenvalue weighted by atomic mass is 16.3. The monoisotopic (exact) mass is 613 g/mol.